The van der Waals surface area contributed by atoms with Gasteiger partial charge >= 0.3 is 24.3 Å². The molecule has 0 aromatic carbocycles. The molecule has 40 heavy (non-hydrogen) atoms. The fourth-order valence-corrected chi connectivity index (χ4v) is 3.12. The molecular weight excluding hydrogens is 556 g/mol. The summed E-state index contributed by atoms with van der Waals surface area (Å²) in [6, 6.07) is 9.58. The molecule has 0 radical (unpaired) electrons. The highest BCUT2D eigenvalue weighted by Crippen LogP contribution is 2.26. The number of halogens is 6. The lowest BCUT2D eigenvalue weighted by Gasteiger charge is -2.24. The van der Waals surface area contributed by atoms with Crippen LogP contribution in [0.5, 0.6) is 0 Å². The van der Waals surface area contributed by atoms with Gasteiger partial charge in [0, 0.05) is 55.9 Å². The quantitative estimate of drug-likeness (QED) is 0.441. The SMILES string of the molecule is Cc1ccc2c(n1)N(Cc1cccnc1)CCN(C(=O)c1ccno1)C2.O=C(O)C(F)(F)F.O=C(O)C(F)(F)F. The van der Waals surface area contributed by atoms with Gasteiger partial charge in [-0.3, -0.25) is 9.78 Å². The Bertz CT molecular complexity index is 1260. The standard InChI is InChI=1S/C19H19N5O2.2C2HF3O2/c1-14-4-5-16-13-24(19(25)17-6-8-21-26-17)10-9-23(18(16)22-14)12-15-3-2-7-20-11-15;2*3-2(4,5)1(6)7/h2-8,11H,9-10,12-13H2,1H3;2*(H,6,7). The molecule has 1 amide bonds. The van der Waals surface area contributed by atoms with Crippen LogP contribution >= 0.6 is 0 Å². The van der Waals surface area contributed by atoms with E-state index in [4.69, 9.17) is 29.3 Å². The zero-order valence-electron chi connectivity index (χ0n) is 20.5. The van der Waals surface area contributed by atoms with E-state index in [-0.39, 0.29) is 11.7 Å². The second-order valence-electron chi connectivity index (χ2n) is 7.93. The van der Waals surface area contributed by atoms with Crippen molar-refractivity contribution in [2.75, 3.05) is 18.0 Å². The number of rotatable bonds is 3. The predicted octanol–water partition coefficient (Wildman–Crippen LogP) is 3.70. The summed E-state index contributed by atoms with van der Waals surface area (Å²) in [7, 11) is 0. The van der Waals surface area contributed by atoms with E-state index in [1.165, 1.54) is 6.20 Å². The molecular formula is C23H21F6N5O6. The molecule has 2 N–H and O–H groups in total. The van der Waals surface area contributed by atoms with Gasteiger partial charge in [-0.05, 0) is 24.6 Å². The van der Waals surface area contributed by atoms with Gasteiger partial charge in [-0.25, -0.2) is 14.6 Å². The van der Waals surface area contributed by atoms with Gasteiger partial charge in [-0.2, -0.15) is 26.3 Å². The lowest BCUT2D eigenvalue weighted by molar-refractivity contribution is -0.193. The van der Waals surface area contributed by atoms with Crippen LogP contribution in [0.2, 0.25) is 0 Å². The molecule has 1 aliphatic rings. The van der Waals surface area contributed by atoms with Crippen LogP contribution in [0.25, 0.3) is 0 Å². The molecule has 3 aromatic rings. The average Bonchev–Trinajstić information content (AvgIpc) is 3.35. The summed E-state index contributed by atoms with van der Waals surface area (Å²) in [5, 5.41) is 17.9. The number of pyridine rings is 2. The first-order valence-corrected chi connectivity index (χ1v) is 11.0. The largest absolute Gasteiger partial charge is 0.490 e. The van der Waals surface area contributed by atoms with Gasteiger partial charge < -0.3 is 24.5 Å². The second-order valence-corrected chi connectivity index (χ2v) is 7.93. The minimum atomic E-state index is -5.08. The number of alkyl halides is 6. The van der Waals surface area contributed by atoms with E-state index >= 15 is 0 Å². The third kappa shape index (κ3) is 9.55. The van der Waals surface area contributed by atoms with E-state index in [1.807, 2.05) is 37.4 Å². The summed E-state index contributed by atoms with van der Waals surface area (Å²) in [6.45, 7) is 4.42. The smallest absolute Gasteiger partial charge is 0.475 e. The maximum Gasteiger partial charge on any atom is 0.490 e. The fourth-order valence-electron chi connectivity index (χ4n) is 3.12. The van der Waals surface area contributed by atoms with Gasteiger partial charge in [0.05, 0.1) is 6.20 Å². The van der Waals surface area contributed by atoms with Gasteiger partial charge in [-0.15, -0.1) is 0 Å². The molecule has 0 unspecified atom stereocenters. The van der Waals surface area contributed by atoms with Crippen LogP contribution in [0.3, 0.4) is 0 Å². The number of aliphatic carboxylic acids is 2. The van der Waals surface area contributed by atoms with Crippen molar-refractivity contribution in [2.45, 2.75) is 32.4 Å². The molecule has 0 fully saturated rings. The predicted molar refractivity (Wildman–Crippen MR) is 123 cm³/mol. The average molecular weight is 577 g/mol. The van der Waals surface area contributed by atoms with E-state index in [2.05, 4.69) is 15.0 Å². The van der Waals surface area contributed by atoms with E-state index in [1.54, 1.807) is 17.2 Å². The van der Waals surface area contributed by atoms with Crippen LogP contribution in [-0.4, -0.2) is 73.5 Å². The van der Waals surface area contributed by atoms with E-state index in [0.29, 0.717) is 26.2 Å². The van der Waals surface area contributed by atoms with Gasteiger partial charge in [-0.1, -0.05) is 17.3 Å². The molecule has 11 nitrogen and oxygen atoms in total. The molecule has 4 rings (SSSR count). The van der Waals surface area contributed by atoms with Gasteiger partial charge in [0.2, 0.25) is 5.76 Å². The van der Waals surface area contributed by atoms with Crippen molar-refractivity contribution in [3.63, 3.8) is 0 Å². The molecule has 0 bridgehead atoms. The number of carbonyl (C=O) groups is 3. The van der Waals surface area contributed by atoms with E-state index < -0.39 is 24.3 Å². The van der Waals surface area contributed by atoms with Gasteiger partial charge in [0.1, 0.15) is 5.82 Å². The van der Waals surface area contributed by atoms with E-state index in [9.17, 15) is 31.1 Å². The minimum Gasteiger partial charge on any atom is -0.475 e. The molecule has 0 spiro atoms. The molecule has 1 aliphatic heterocycles. The Labute approximate surface area is 221 Å². The summed E-state index contributed by atoms with van der Waals surface area (Å²) in [4.78, 5) is 43.4. The number of amides is 1. The summed E-state index contributed by atoms with van der Waals surface area (Å²) in [5.74, 6) is -4.49. The molecule has 0 saturated carbocycles. The molecule has 0 aliphatic carbocycles. The number of carbonyl (C=O) groups excluding carboxylic acids is 1. The fraction of sp³-hybridized carbons (Fsp3) is 0.304. The number of hydrogen-bond donors (Lipinski definition) is 2. The molecule has 216 valence electrons. The molecule has 17 heteroatoms. The minimum absolute atomic E-state index is 0.155. The van der Waals surface area contributed by atoms with Crippen LogP contribution in [0.15, 0.2) is 53.4 Å². The first-order chi connectivity index (χ1) is 18.6. The Hall–Kier alpha value is -4.70. The number of hydrogen-bond acceptors (Lipinski definition) is 8. The molecule has 4 heterocycles. The number of nitrogens with zero attached hydrogens (tertiary/aromatic N) is 5. The number of fused-ring (bicyclic) bond motifs is 1. The van der Waals surface area contributed by atoms with Crippen molar-refractivity contribution in [1.29, 1.82) is 0 Å². The first-order valence-electron chi connectivity index (χ1n) is 11.0. The molecule has 3 aromatic heterocycles. The van der Waals surface area contributed by atoms with Crippen molar-refractivity contribution >= 4 is 23.7 Å². The summed E-state index contributed by atoms with van der Waals surface area (Å²) in [5.41, 5.74) is 3.08. The maximum atomic E-state index is 12.7. The first kappa shape index (κ1) is 31.5. The highest BCUT2D eigenvalue weighted by Gasteiger charge is 2.38. The summed E-state index contributed by atoms with van der Waals surface area (Å²) in [6.07, 6.45) is -5.06. The van der Waals surface area contributed by atoms with Crippen LogP contribution in [0.4, 0.5) is 32.2 Å². The van der Waals surface area contributed by atoms with Crippen LogP contribution in [0, 0.1) is 6.92 Å². The highest BCUT2D eigenvalue weighted by molar-refractivity contribution is 5.91. The third-order valence-corrected chi connectivity index (χ3v) is 4.91. The maximum absolute atomic E-state index is 12.7. The Morgan fingerprint density at radius 1 is 0.950 bits per heavy atom. The van der Waals surface area contributed by atoms with Gasteiger partial charge in [0.15, 0.2) is 0 Å². The highest BCUT2D eigenvalue weighted by atomic mass is 19.4. The Morgan fingerprint density at radius 3 is 2.08 bits per heavy atom. The summed E-state index contributed by atoms with van der Waals surface area (Å²) >= 11 is 0. The van der Waals surface area contributed by atoms with Crippen molar-refractivity contribution in [1.82, 2.24) is 20.0 Å². The zero-order chi connectivity index (χ0) is 30.1. The molecule has 0 atom stereocenters. The van der Waals surface area contributed by atoms with Crippen molar-refractivity contribution in [3.05, 3.63) is 71.5 Å². The molecule has 0 saturated heterocycles. The Balaban J connectivity index is 0.000000333. The lowest BCUT2D eigenvalue weighted by atomic mass is 10.2. The van der Waals surface area contributed by atoms with E-state index in [0.717, 1.165) is 22.6 Å². The van der Waals surface area contributed by atoms with Crippen molar-refractivity contribution in [3.8, 4) is 0 Å². The van der Waals surface area contributed by atoms with Gasteiger partial charge in [0.25, 0.3) is 5.91 Å². The zero-order valence-corrected chi connectivity index (χ0v) is 20.5. The number of carboxylic acids is 2. The number of aromatic nitrogens is 3. The van der Waals surface area contributed by atoms with Crippen LogP contribution in [0.1, 0.15) is 27.4 Å². The van der Waals surface area contributed by atoms with Crippen molar-refractivity contribution in [2.24, 2.45) is 0 Å². The summed E-state index contributed by atoms with van der Waals surface area (Å²) < 4.78 is 68.5. The lowest BCUT2D eigenvalue weighted by Crippen LogP contribution is -2.35. The topological polar surface area (TPSA) is 150 Å². The second kappa shape index (κ2) is 13.4. The number of anilines is 1. The number of carboxylic acid groups (broad SMARTS) is 2. The van der Waals surface area contributed by atoms with Crippen LogP contribution < -0.4 is 4.90 Å². The number of aryl methyl sites for hydroxylation is 1. The normalized spacial score (nSPS) is 13.1. The van der Waals surface area contributed by atoms with Crippen LogP contribution in [-0.2, 0) is 22.7 Å². The Morgan fingerprint density at radius 2 is 1.57 bits per heavy atom. The monoisotopic (exact) mass is 577 g/mol. The third-order valence-electron chi connectivity index (χ3n) is 4.91. The Kier molecular flexibility index (Phi) is 10.5. The van der Waals surface area contributed by atoms with Crippen molar-refractivity contribution < 1.29 is 55.5 Å².